The number of nitrogens with two attached hydrogens (primary N) is 1. The number of halogens is 4. The maximum Gasteiger partial charge on any atom is 0.161 e. The highest BCUT2D eigenvalue weighted by Gasteiger charge is 2.15. The third-order valence-electron chi connectivity index (χ3n) is 1.98. The lowest BCUT2D eigenvalue weighted by molar-refractivity contribution is 0.491. The van der Waals surface area contributed by atoms with Crippen molar-refractivity contribution in [1.29, 1.82) is 0 Å². The summed E-state index contributed by atoms with van der Waals surface area (Å²) in [6.07, 6.45) is 1.33. The molecule has 84 valence electrons. The molecule has 0 atom stereocenters. The minimum absolute atomic E-state index is 0.102. The maximum atomic E-state index is 13.4. The molecule has 0 saturated carbocycles. The van der Waals surface area contributed by atoms with E-state index >= 15 is 0 Å². The van der Waals surface area contributed by atoms with Gasteiger partial charge in [-0.15, -0.1) is 0 Å². The van der Waals surface area contributed by atoms with Crippen LogP contribution in [0.4, 0.5) is 19.0 Å². The molecule has 1 aromatic heterocycles. The predicted molar refractivity (Wildman–Crippen MR) is 55.6 cm³/mol. The van der Waals surface area contributed by atoms with Crippen LogP contribution in [0, 0.1) is 17.5 Å². The topological polar surface area (TPSA) is 43.8 Å². The summed E-state index contributed by atoms with van der Waals surface area (Å²) in [7, 11) is 0. The molecule has 0 aliphatic heterocycles. The van der Waals surface area contributed by atoms with E-state index in [0.717, 1.165) is 4.68 Å². The average Bonchev–Trinajstić information content (AvgIpc) is 2.54. The number of hydrogen-bond acceptors (Lipinski definition) is 2. The maximum absolute atomic E-state index is 13.4. The summed E-state index contributed by atoms with van der Waals surface area (Å²) in [6.45, 7) is 0. The van der Waals surface area contributed by atoms with Crippen LogP contribution in [0.1, 0.15) is 0 Å². The van der Waals surface area contributed by atoms with Gasteiger partial charge in [-0.05, 0) is 15.9 Å². The van der Waals surface area contributed by atoms with Gasteiger partial charge in [-0.1, -0.05) is 0 Å². The lowest BCUT2D eigenvalue weighted by Gasteiger charge is -2.06. The van der Waals surface area contributed by atoms with Crippen molar-refractivity contribution in [2.45, 2.75) is 0 Å². The molecule has 0 saturated heterocycles. The highest BCUT2D eigenvalue weighted by atomic mass is 79.9. The molecule has 0 amide bonds. The number of nitrogen functional groups attached to an aromatic ring is 1. The first-order valence-electron chi connectivity index (χ1n) is 4.14. The molecule has 0 aliphatic carbocycles. The number of anilines is 1. The lowest BCUT2D eigenvalue weighted by Crippen LogP contribution is -2.05. The van der Waals surface area contributed by atoms with Gasteiger partial charge < -0.3 is 5.73 Å². The second kappa shape index (κ2) is 3.82. The van der Waals surface area contributed by atoms with Crippen molar-refractivity contribution in [2.24, 2.45) is 0 Å². The Hall–Kier alpha value is -1.50. The zero-order valence-electron chi connectivity index (χ0n) is 7.72. The number of hydrogen-bond donors (Lipinski definition) is 1. The first kappa shape index (κ1) is 11.0. The fourth-order valence-electron chi connectivity index (χ4n) is 1.20. The fraction of sp³-hybridized carbons (Fsp3) is 0. The van der Waals surface area contributed by atoms with E-state index in [1.165, 1.54) is 6.20 Å². The zero-order valence-corrected chi connectivity index (χ0v) is 9.30. The Morgan fingerprint density at radius 1 is 1.12 bits per heavy atom. The van der Waals surface area contributed by atoms with E-state index < -0.39 is 17.5 Å². The number of aromatic nitrogens is 2. The third-order valence-corrected chi connectivity index (χ3v) is 2.59. The Labute approximate surface area is 96.8 Å². The number of nitrogens with zero attached hydrogens (tertiary/aromatic N) is 2. The molecule has 2 N–H and O–H groups in total. The first-order valence-corrected chi connectivity index (χ1v) is 4.94. The van der Waals surface area contributed by atoms with Gasteiger partial charge in [0.05, 0.1) is 10.7 Å². The molecule has 0 aliphatic rings. The van der Waals surface area contributed by atoms with Gasteiger partial charge in [0.15, 0.2) is 17.5 Å². The molecule has 1 heterocycles. The fourth-order valence-corrected chi connectivity index (χ4v) is 1.46. The molecule has 0 radical (unpaired) electrons. The molecule has 0 unspecified atom stereocenters. The lowest BCUT2D eigenvalue weighted by atomic mass is 10.3. The van der Waals surface area contributed by atoms with E-state index in [0.29, 0.717) is 16.6 Å². The monoisotopic (exact) mass is 291 g/mol. The largest absolute Gasteiger partial charge is 0.383 e. The molecule has 0 spiro atoms. The van der Waals surface area contributed by atoms with Crippen molar-refractivity contribution in [2.75, 3.05) is 5.73 Å². The summed E-state index contributed by atoms with van der Waals surface area (Å²) in [5.41, 5.74) is 5.31. The molecule has 0 fully saturated rings. The van der Waals surface area contributed by atoms with Crippen LogP contribution in [0.3, 0.4) is 0 Å². The molecule has 2 aromatic rings. The van der Waals surface area contributed by atoms with Crippen LogP contribution in [0.25, 0.3) is 5.69 Å². The van der Waals surface area contributed by atoms with Crippen molar-refractivity contribution in [1.82, 2.24) is 9.78 Å². The Balaban J connectivity index is 2.65. The first-order chi connectivity index (χ1) is 7.50. The van der Waals surface area contributed by atoms with Gasteiger partial charge in [0.1, 0.15) is 11.5 Å². The smallest absolute Gasteiger partial charge is 0.161 e. The summed E-state index contributed by atoms with van der Waals surface area (Å²) >= 11 is 3.07. The standard InChI is InChI=1S/C9H5BrF3N3/c10-4-3-15-16(9(4)14)8-2-6(12)5(11)1-7(8)13/h1-3H,14H2. The van der Waals surface area contributed by atoms with Crippen molar-refractivity contribution in [3.63, 3.8) is 0 Å². The number of rotatable bonds is 1. The predicted octanol–water partition coefficient (Wildman–Crippen LogP) is 2.63. The average molecular weight is 292 g/mol. The second-order valence-electron chi connectivity index (χ2n) is 3.01. The Morgan fingerprint density at radius 3 is 2.31 bits per heavy atom. The van der Waals surface area contributed by atoms with E-state index in [2.05, 4.69) is 21.0 Å². The molecule has 1 aromatic carbocycles. The van der Waals surface area contributed by atoms with E-state index in [1.807, 2.05) is 0 Å². The Morgan fingerprint density at radius 2 is 1.75 bits per heavy atom. The van der Waals surface area contributed by atoms with Gasteiger partial charge in [-0.2, -0.15) is 5.10 Å². The summed E-state index contributed by atoms with van der Waals surface area (Å²) in [4.78, 5) is 0. The molecule has 2 rings (SSSR count). The summed E-state index contributed by atoms with van der Waals surface area (Å²) in [6, 6.07) is 1.14. The minimum Gasteiger partial charge on any atom is -0.383 e. The summed E-state index contributed by atoms with van der Waals surface area (Å²) in [5.74, 6) is -3.26. The molecular weight excluding hydrogens is 287 g/mol. The van der Waals surface area contributed by atoms with Crippen molar-refractivity contribution >= 4 is 21.7 Å². The van der Waals surface area contributed by atoms with Crippen LogP contribution in [0.15, 0.2) is 22.8 Å². The molecule has 7 heteroatoms. The molecule has 0 bridgehead atoms. The van der Waals surface area contributed by atoms with Gasteiger partial charge in [-0.3, -0.25) is 0 Å². The van der Waals surface area contributed by atoms with E-state index in [-0.39, 0.29) is 11.5 Å². The van der Waals surface area contributed by atoms with Gasteiger partial charge in [0.2, 0.25) is 0 Å². The SMILES string of the molecule is Nc1c(Br)cnn1-c1cc(F)c(F)cc1F. The van der Waals surface area contributed by atoms with Crippen molar-refractivity contribution < 1.29 is 13.2 Å². The molecule has 3 nitrogen and oxygen atoms in total. The van der Waals surface area contributed by atoms with E-state index in [4.69, 9.17) is 5.73 Å². The Bertz CT molecular complexity index is 553. The van der Waals surface area contributed by atoms with Crippen LogP contribution in [0.2, 0.25) is 0 Å². The van der Waals surface area contributed by atoms with E-state index in [9.17, 15) is 13.2 Å². The summed E-state index contributed by atoms with van der Waals surface area (Å²) < 4.78 is 40.4. The minimum atomic E-state index is -1.26. The quantitative estimate of drug-likeness (QED) is 0.821. The van der Waals surface area contributed by atoms with Crippen molar-refractivity contribution in [3.8, 4) is 5.69 Å². The molecule has 16 heavy (non-hydrogen) atoms. The van der Waals surface area contributed by atoms with Gasteiger partial charge in [0, 0.05) is 12.1 Å². The summed E-state index contributed by atoms with van der Waals surface area (Å²) in [5, 5.41) is 3.73. The second-order valence-corrected chi connectivity index (χ2v) is 3.86. The normalized spacial score (nSPS) is 10.8. The highest BCUT2D eigenvalue weighted by Crippen LogP contribution is 2.24. The highest BCUT2D eigenvalue weighted by molar-refractivity contribution is 9.10. The third kappa shape index (κ3) is 1.67. The van der Waals surface area contributed by atoms with Crippen LogP contribution in [0.5, 0.6) is 0 Å². The molecular formula is C9H5BrF3N3. The van der Waals surface area contributed by atoms with E-state index in [1.54, 1.807) is 0 Å². The van der Waals surface area contributed by atoms with Crippen LogP contribution in [-0.2, 0) is 0 Å². The van der Waals surface area contributed by atoms with Crippen LogP contribution >= 0.6 is 15.9 Å². The Kier molecular flexibility index (Phi) is 2.63. The van der Waals surface area contributed by atoms with Gasteiger partial charge >= 0.3 is 0 Å². The van der Waals surface area contributed by atoms with Crippen LogP contribution < -0.4 is 5.73 Å². The van der Waals surface area contributed by atoms with Gasteiger partial charge in [-0.25, -0.2) is 17.9 Å². The zero-order chi connectivity index (χ0) is 11.9. The van der Waals surface area contributed by atoms with Crippen LogP contribution in [-0.4, -0.2) is 9.78 Å². The van der Waals surface area contributed by atoms with Gasteiger partial charge in [0.25, 0.3) is 0 Å². The van der Waals surface area contributed by atoms with Crippen molar-refractivity contribution in [3.05, 3.63) is 40.3 Å². The number of benzene rings is 1.